The van der Waals surface area contributed by atoms with Crippen molar-refractivity contribution >= 4 is 29.1 Å². The summed E-state index contributed by atoms with van der Waals surface area (Å²) in [4.78, 5) is 16.3. The van der Waals surface area contributed by atoms with Crippen LogP contribution in [0.5, 0.6) is 0 Å². The van der Waals surface area contributed by atoms with Gasteiger partial charge in [-0.25, -0.2) is 0 Å². The Hall–Kier alpha value is -0.810. The number of hydrogen-bond acceptors (Lipinski definition) is 3. The zero-order chi connectivity index (χ0) is 16.1. The van der Waals surface area contributed by atoms with E-state index in [-0.39, 0.29) is 12.0 Å². The second-order valence-corrected chi connectivity index (χ2v) is 6.53. The summed E-state index contributed by atoms with van der Waals surface area (Å²) in [5.74, 6) is 0.146. The molecule has 1 N–H and O–H groups in total. The summed E-state index contributed by atoms with van der Waals surface area (Å²) in [6.45, 7) is 5.51. The lowest BCUT2D eigenvalue weighted by Gasteiger charge is -2.35. The van der Waals surface area contributed by atoms with Gasteiger partial charge in [0.2, 0.25) is 5.91 Å². The molecule has 1 atom stereocenters. The van der Waals surface area contributed by atoms with Gasteiger partial charge in [0.05, 0.1) is 16.1 Å². The van der Waals surface area contributed by atoms with E-state index in [1.165, 1.54) is 0 Å². The molecule has 6 heteroatoms. The molecule has 1 heterocycles. The number of benzene rings is 1. The quantitative estimate of drug-likeness (QED) is 0.892. The molecular weight excluding hydrogens is 323 g/mol. The van der Waals surface area contributed by atoms with Gasteiger partial charge in [0.1, 0.15) is 0 Å². The molecule has 122 valence electrons. The molecular formula is C16H22Cl2N2O2. The number of rotatable bonds is 5. The Kier molecular flexibility index (Phi) is 6.50. The first kappa shape index (κ1) is 17.5. The van der Waals surface area contributed by atoms with Gasteiger partial charge in [0.15, 0.2) is 0 Å². The highest BCUT2D eigenvalue weighted by atomic mass is 35.5. The van der Waals surface area contributed by atoms with Gasteiger partial charge in [0, 0.05) is 39.1 Å². The standard InChI is InChI=1S/C16H22Cl2N2O2/c1-12(21)11-19-7-9-20(10-8-19)15(22)6-5-13-3-2-4-14(17)16(13)18/h2-4,12,21H,5-11H2,1H3/t12-/m1/s1. The second-order valence-electron chi connectivity index (χ2n) is 5.74. The Bertz CT molecular complexity index is 515. The SMILES string of the molecule is C[C@@H](O)CN1CCN(C(=O)CCc2cccc(Cl)c2Cl)CC1. The van der Waals surface area contributed by atoms with Gasteiger partial charge in [-0.1, -0.05) is 35.3 Å². The summed E-state index contributed by atoms with van der Waals surface area (Å²) in [7, 11) is 0. The van der Waals surface area contributed by atoms with Crippen LogP contribution in [0.25, 0.3) is 0 Å². The van der Waals surface area contributed by atoms with Crippen LogP contribution in [0.15, 0.2) is 18.2 Å². The van der Waals surface area contributed by atoms with Crippen molar-refractivity contribution < 1.29 is 9.90 Å². The molecule has 4 nitrogen and oxygen atoms in total. The molecule has 1 amide bonds. The molecule has 1 aliphatic heterocycles. The smallest absolute Gasteiger partial charge is 0.222 e. The zero-order valence-corrected chi connectivity index (χ0v) is 14.3. The van der Waals surface area contributed by atoms with E-state index < -0.39 is 0 Å². The van der Waals surface area contributed by atoms with Crippen LogP contribution >= 0.6 is 23.2 Å². The Balaban J connectivity index is 1.80. The van der Waals surface area contributed by atoms with Crippen molar-refractivity contribution in [3.8, 4) is 0 Å². The monoisotopic (exact) mass is 344 g/mol. The fraction of sp³-hybridized carbons (Fsp3) is 0.562. The van der Waals surface area contributed by atoms with Crippen molar-refractivity contribution in [1.82, 2.24) is 9.80 Å². The fourth-order valence-corrected chi connectivity index (χ4v) is 3.11. The maximum absolute atomic E-state index is 12.3. The van der Waals surface area contributed by atoms with Gasteiger partial charge in [-0.05, 0) is 25.0 Å². The maximum Gasteiger partial charge on any atom is 0.222 e. The third-order valence-corrected chi connectivity index (χ3v) is 4.75. The van der Waals surface area contributed by atoms with Crippen LogP contribution in [-0.4, -0.2) is 59.6 Å². The highest BCUT2D eigenvalue weighted by Crippen LogP contribution is 2.26. The van der Waals surface area contributed by atoms with E-state index in [0.717, 1.165) is 31.7 Å². The Labute approximate surface area is 141 Å². The van der Waals surface area contributed by atoms with Gasteiger partial charge >= 0.3 is 0 Å². The van der Waals surface area contributed by atoms with Gasteiger partial charge in [0.25, 0.3) is 0 Å². The van der Waals surface area contributed by atoms with Crippen LogP contribution in [0.4, 0.5) is 0 Å². The normalized spacial score (nSPS) is 17.5. The molecule has 1 aromatic rings. The third-order valence-electron chi connectivity index (χ3n) is 3.89. The Morgan fingerprint density at radius 3 is 2.59 bits per heavy atom. The molecule has 0 aromatic heterocycles. The van der Waals surface area contributed by atoms with E-state index in [1.54, 1.807) is 13.0 Å². The molecule has 0 unspecified atom stereocenters. The number of piperazine rings is 1. The predicted octanol–water partition coefficient (Wildman–Crippen LogP) is 2.45. The lowest BCUT2D eigenvalue weighted by molar-refractivity contribution is -0.133. The first-order valence-corrected chi connectivity index (χ1v) is 8.34. The second kappa shape index (κ2) is 8.16. The van der Waals surface area contributed by atoms with Gasteiger partial charge in [-0.15, -0.1) is 0 Å². The minimum Gasteiger partial charge on any atom is -0.392 e. The van der Waals surface area contributed by atoms with Crippen molar-refractivity contribution in [2.24, 2.45) is 0 Å². The van der Waals surface area contributed by atoms with Crippen LogP contribution in [0.1, 0.15) is 18.9 Å². The molecule has 0 aliphatic carbocycles. The molecule has 0 spiro atoms. The van der Waals surface area contributed by atoms with Gasteiger partial charge < -0.3 is 10.0 Å². The van der Waals surface area contributed by atoms with E-state index >= 15 is 0 Å². The van der Waals surface area contributed by atoms with Crippen molar-refractivity contribution in [2.75, 3.05) is 32.7 Å². The first-order chi connectivity index (χ1) is 10.5. The number of amides is 1. The minimum atomic E-state index is -0.327. The lowest BCUT2D eigenvalue weighted by atomic mass is 10.1. The number of nitrogens with zero attached hydrogens (tertiary/aromatic N) is 2. The molecule has 1 saturated heterocycles. The topological polar surface area (TPSA) is 43.8 Å². The molecule has 0 radical (unpaired) electrons. The minimum absolute atomic E-state index is 0.146. The number of aryl methyl sites for hydroxylation is 1. The van der Waals surface area contributed by atoms with Crippen LogP contribution in [0.2, 0.25) is 10.0 Å². The molecule has 1 aliphatic rings. The van der Waals surface area contributed by atoms with Crippen LogP contribution in [0, 0.1) is 0 Å². The maximum atomic E-state index is 12.3. The average molecular weight is 345 g/mol. The fourth-order valence-electron chi connectivity index (χ4n) is 2.69. The number of carbonyl (C=O) groups is 1. The van der Waals surface area contributed by atoms with E-state index in [2.05, 4.69) is 4.90 Å². The largest absolute Gasteiger partial charge is 0.392 e. The van der Waals surface area contributed by atoms with Crippen molar-refractivity contribution in [3.05, 3.63) is 33.8 Å². The average Bonchev–Trinajstić information content (AvgIpc) is 2.48. The number of aliphatic hydroxyl groups excluding tert-OH is 1. The predicted molar refractivity (Wildman–Crippen MR) is 89.5 cm³/mol. The summed E-state index contributed by atoms with van der Waals surface area (Å²) < 4.78 is 0. The molecule has 2 rings (SSSR count). The summed E-state index contributed by atoms with van der Waals surface area (Å²) in [5, 5.41) is 10.5. The summed E-state index contributed by atoms with van der Waals surface area (Å²) >= 11 is 12.1. The van der Waals surface area contributed by atoms with E-state index in [4.69, 9.17) is 23.2 Å². The molecule has 22 heavy (non-hydrogen) atoms. The molecule has 1 aromatic carbocycles. The lowest BCUT2D eigenvalue weighted by Crippen LogP contribution is -2.50. The first-order valence-electron chi connectivity index (χ1n) is 7.58. The van der Waals surface area contributed by atoms with E-state index in [1.807, 2.05) is 17.0 Å². The summed E-state index contributed by atoms with van der Waals surface area (Å²) in [6.07, 6.45) is 0.718. The number of aliphatic hydroxyl groups is 1. The van der Waals surface area contributed by atoms with Gasteiger partial charge in [-0.2, -0.15) is 0 Å². The number of hydrogen-bond donors (Lipinski definition) is 1. The zero-order valence-electron chi connectivity index (χ0n) is 12.8. The van der Waals surface area contributed by atoms with Crippen molar-refractivity contribution in [1.29, 1.82) is 0 Å². The molecule has 0 bridgehead atoms. The van der Waals surface area contributed by atoms with Crippen LogP contribution in [-0.2, 0) is 11.2 Å². The number of β-amino-alcohol motifs (C(OH)–C–C–N with tert-alkyl or cyclic N) is 1. The van der Waals surface area contributed by atoms with E-state index in [9.17, 15) is 9.90 Å². The van der Waals surface area contributed by atoms with Crippen molar-refractivity contribution in [2.45, 2.75) is 25.9 Å². The summed E-state index contributed by atoms with van der Waals surface area (Å²) in [5.41, 5.74) is 0.912. The Morgan fingerprint density at radius 1 is 1.27 bits per heavy atom. The third kappa shape index (κ3) is 4.85. The molecule has 1 fully saturated rings. The number of carbonyl (C=O) groups excluding carboxylic acids is 1. The van der Waals surface area contributed by atoms with E-state index in [0.29, 0.717) is 29.4 Å². The van der Waals surface area contributed by atoms with Crippen LogP contribution in [0.3, 0.4) is 0 Å². The molecule has 0 saturated carbocycles. The van der Waals surface area contributed by atoms with Gasteiger partial charge in [-0.3, -0.25) is 9.69 Å². The van der Waals surface area contributed by atoms with Crippen molar-refractivity contribution in [3.63, 3.8) is 0 Å². The number of halogens is 2. The summed E-state index contributed by atoms with van der Waals surface area (Å²) in [6, 6.07) is 5.50. The van der Waals surface area contributed by atoms with Crippen LogP contribution < -0.4 is 0 Å². The Morgan fingerprint density at radius 2 is 1.95 bits per heavy atom. The highest BCUT2D eigenvalue weighted by molar-refractivity contribution is 6.42. The highest BCUT2D eigenvalue weighted by Gasteiger charge is 2.21.